The Hall–Kier alpha value is -2.37. The van der Waals surface area contributed by atoms with Crippen LogP contribution < -0.4 is 5.32 Å². The van der Waals surface area contributed by atoms with Gasteiger partial charge in [0, 0.05) is 32.0 Å². The molecule has 1 atom stereocenters. The van der Waals surface area contributed by atoms with E-state index in [1.165, 1.54) is 6.42 Å². The first-order valence-electron chi connectivity index (χ1n) is 9.68. The van der Waals surface area contributed by atoms with Gasteiger partial charge < -0.3 is 10.2 Å². The van der Waals surface area contributed by atoms with E-state index in [-0.39, 0.29) is 17.4 Å². The quantitative estimate of drug-likeness (QED) is 0.867. The lowest BCUT2D eigenvalue weighted by Crippen LogP contribution is -2.41. The second kappa shape index (κ2) is 7.09. The summed E-state index contributed by atoms with van der Waals surface area (Å²) in [4.78, 5) is 19.4. The number of hydrogen-bond donors (Lipinski definition) is 2. The fourth-order valence-corrected chi connectivity index (χ4v) is 4.32. The molecule has 1 spiro atoms. The largest absolute Gasteiger partial charge is 0.334 e. The molecule has 1 saturated carbocycles. The predicted octanol–water partition coefficient (Wildman–Crippen LogP) is 3.24. The van der Waals surface area contributed by atoms with E-state index in [2.05, 4.69) is 22.4 Å². The molecular weight excluding hydrogens is 326 g/mol. The van der Waals surface area contributed by atoms with Crippen LogP contribution in [0.2, 0.25) is 0 Å². The Morgan fingerprint density at radius 2 is 2.15 bits per heavy atom. The van der Waals surface area contributed by atoms with Crippen LogP contribution >= 0.6 is 0 Å². The minimum atomic E-state index is 0.0203. The third kappa shape index (κ3) is 3.20. The fourth-order valence-electron chi connectivity index (χ4n) is 4.32. The number of amides is 2. The summed E-state index contributed by atoms with van der Waals surface area (Å²) in [6, 6.07) is 10.1. The maximum absolute atomic E-state index is 12.7. The number of benzene rings is 1. The molecule has 0 bridgehead atoms. The summed E-state index contributed by atoms with van der Waals surface area (Å²) in [5, 5.41) is 10.6. The lowest BCUT2D eigenvalue weighted by Gasteiger charge is -2.41. The molecule has 1 aromatic carbocycles. The maximum atomic E-state index is 12.7. The van der Waals surface area contributed by atoms with E-state index in [1.54, 1.807) is 0 Å². The highest BCUT2D eigenvalue weighted by atomic mass is 16.2. The van der Waals surface area contributed by atoms with Crippen molar-refractivity contribution < 1.29 is 4.79 Å². The number of nitrogens with zero attached hydrogens (tertiary/aromatic N) is 3. The van der Waals surface area contributed by atoms with Crippen LogP contribution in [0.5, 0.6) is 0 Å². The van der Waals surface area contributed by atoms with Crippen molar-refractivity contribution in [3.63, 3.8) is 0 Å². The van der Waals surface area contributed by atoms with Gasteiger partial charge in [0.05, 0.1) is 0 Å². The average Bonchev–Trinajstić information content (AvgIpc) is 3.25. The molecule has 2 N–H and O–H groups in total. The molecule has 0 radical (unpaired) electrons. The summed E-state index contributed by atoms with van der Waals surface area (Å²) in [5.74, 6) is 2.11. The van der Waals surface area contributed by atoms with E-state index in [1.807, 2.05) is 35.2 Å². The number of likely N-dealkylation sites (tertiary alicyclic amines) is 1. The first-order valence-corrected chi connectivity index (χ1v) is 9.68. The molecular formula is C20H27N5O. The van der Waals surface area contributed by atoms with E-state index >= 15 is 0 Å². The number of H-pyrrole nitrogens is 1. The van der Waals surface area contributed by atoms with Crippen LogP contribution in [0.1, 0.15) is 55.7 Å². The van der Waals surface area contributed by atoms with Gasteiger partial charge in [-0.3, -0.25) is 5.10 Å². The maximum Gasteiger partial charge on any atom is 0.317 e. The molecule has 6 heteroatoms. The molecule has 26 heavy (non-hydrogen) atoms. The molecule has 2 fully saturated rings. The van der Waals surface area contributed by atoms with Crippen molar-refractivity contribution in [1.82, 2.24) is 25.4 Å². The summed E-state index contributed by atoms with van der Waals surface area (Å²) >= 11 is 0. The Labute approximate surface area is 154 Å². The molecule has 1 unspecified atom stereocenters. The Morgan fingerprint density at radius 1 is 1.35 bits per heavy atom. The summed E-state index contributed by atoms with van der Waals surface area (Å²) in [6.45, 7) is 4.24. The van der Waals surface area contributed by atoms with E-state index < -0.39 is 0 Å². The zero-order valence-corrected chi connectivity index (χ0v) is 15.4. The molecule has 6 nitrogen and oxygen atoms in total. The standard InChI is InChI=1S/C20H27N5O/c1-2-7-17-22-18(24-23-17)16-13-25(14-20(16)10-6-11-20)19(26)21-12-15-8-4-3-5-9-15/h3-5,8-9,16H,2,6-7,10-14H2,1H3,(H,21,26)(H,22,23,24). The van der Waals surface area contributed by atoms with Gasteiger partial charge in [0.1, 0.15) is 5.82 Å². The number of carbonyl (C=O) groups excluding carboxylic acids is 1. The van der Waals surface area contributed by atoms with Gasteiger partial charge in [-0.2, -0.15) is 5.10 Å². The monoisotopic (exact) mass is 353 g/mol. The highest BCUT2D eigenvalue weighted by Crippen LogP contribution is 2.55. The van der Waals surface area contributed by atoms with Crippen LogP contribution in [0.15, 0.2) is 30.3 Å². The minimum absolute atomic E-state index is 0.0203. The number of rotatable bonds is 5. The van der Waals surface area contributed by atoms with Crippen molar-refractivity contribution in [2.75, 3.05) is 13.1 Å². The minimum Gasteiger partial charge on any atom is -0.334 e. The Kier molecular flexibility index (Phi) is 4.66. The SMILES string of the molecule is CCCc1nc(C2CN(C(=O)NCc3ccccc3)CC23CCC3)n[nH]1. The first kappa shape index (κ1) is 17.1. The van der Waals surface area contributed by atoms with Gasteiger partial charge in [-0.05, 0) is 30.2 Å². The normalized spacial score (nSPS) is 21.0. The van der Waals surface area contributed by atoms with Crippen LogP contribution in [0.3, 0.4) is 0 Å². The molecule has 1 aliphatic heterocycles. The van der Waals surface area contributed by atoms with Gasteiger partial charge in [0.25, 0.3) is 0 Å². The van der Waals surface area contributed by atoms with Gasteiger partial charge in [0.2, 0.25) is 0 Å². The second-order valence-corrected chi connectivity index (χ2v) is 7.68. The lowest BCUT2D eigenvalue weighted by atomic mass is 9.62. The topological polar surface area (TPSA) is 73.9 Å². The number of urea groups is 1. The van der Waals surface area contributed by atoms with Crippen molar-refractivity contribution in [2.45, 2.75) is 51.5 Å². The van der Waals surface area contributed by atoms with Crippen molar-refractivity contribution in [1.29, 1.82) is 0 Å². The second-order valence-electron chi connectivity index (χ2n) is 7.68. The Balaban J connectivity index is 1.43. The zero-order chi connectivity index (χ0) is 18.0. The van der Waals surface area contributed by atoms with Crippen LogP contribution in [-0.2, 0) is 13.0 Å². The number of aromatic amines is 1. The van der Waals surface area contributed by atoms with Gasteiger partial charge >= 0.3 is 6.03 Å². The zero-order valence-electron chi connectivity index (χ0n) is 15.4. The van der Waals surface area contributed by atoms with E-state index in [0.29, 0.717) is 13.1 Å². The van der Waals surface area contributed by atoms with Gasteiger partial charge in [-0.15, -0.1) is 0 Å². The van der Waals surface area contributed by atoms with Crippen molar-refractivity contribution >= 4 is 6.03 Å². The lowest BCUT2D eigenvalue weighted by molar-refractivity contribution is 0.121. The molecule has 2 heterocycles. The average molecular weight is 353 g/mol. The third-order valence-electron chi connectivity index (χ3n) is 5.92. The van der Waals surface area contributed by atoms with Gasteiger partial charge in [-0.1, -0.05) is 43.7 Å². The van der Waals surface area contributed by atoms with Crippen LogP contribution in [0.4, 0.5) is 4.79 Å². The summed E-state index contributed by atoms with van der Waals surface area (Å²) < 4.78 is 0. The summed E-state index contributed by atoms with van der Waals surface area (Å²) in [6.07, 6.45) is 5.55. The third-order valence-corrected chi connectivity index (χ3v) is 5.92. The van der Waals surface area contributed by atoms with Crippen molar-refractivity contribution in [2.24, 2.45) is 5.41 Å². The Morgan fingerprint density at radius 3 is 2.85 bits per heavy atom. The Bertz CT molecular complexity index is 753. The van der Waals surface area contributed by atoms with Gasteiger partial charge in [-0.25, -0.2) is 9.78 Å². The van der Waals surface area contributed by atoms with Crippen molar-refractivity contribution in [3.8, 4) is 0 Å². The predicted molar refractivity (Wildman–Crippen MR) is 99.7 cm³/mol. The molecule has 2 aromatic rings. The van der Waals surface area contributed by atoms with Crippen molar-refractivity contribution in [3.05, 3.63) is 47.5 Å². The molecule has 4 rings (SSSR count). The molecule has 1 saturated heterocycles. The number of carbonyl (C=O) groups is 1. The molecule has 1 aliphatic carbocycles. The fraction of sp³-hybridized carbons (Fsp3) is 0.550. The summed E-state index contributed by atoms with van der Waals surface area (Å²) in [7, 11) is 0. The highest BCUT2D eigenvalue weighted by Gasteiger charge is 2.53. The van der Waals surface area contributed by atoms with Crippen LogP contribution in [0.25, 0.3) is 0 Å². The molecule has 2 aliphatic rings. The molecule has 1 aromatic heterocycles. The van der Waals surface area contributed by atoms with Crippen LogP contribution in [-0.4, -0.2) is 39.2 Å². The number of hydrogen-bond acceptors (Lipinski definition) is 3. The van der Waals surface area contributed by atoms with E-state index in [4.69, 9.17) is 4.98 Å². The van der Waals surface area contributed by atoms with Gasteiger partial charge in [0.15, 0.2) is 5.82 Å². The number of aryl methyl sites for hydroxylation is 1. The van der Waals surface area contributed by atoms with E-state index in [9.17, 15) is 4.79 Å². The molecule has 138 valence electrons. The highest BCUT2D eigenvalue weighted by molar-refractivity contribution is 5.74. The van der Waals surface area contributed by atoms with Crippen LogP contribution in [0, 0.1) is 5.41 Å². The molecule has 2 amide bonds. The smallest absolute Gasteiger partial charge is 0.317 e. The number of aromatic nitrogens is 3. The summed E-state index contributed by atoms with van der Waals surface area (Å²) in [5.41, 5.74) is 1.29. The number of nitrogens with one attached hydrogen (secondary N) is 2. The van der Waals surface area contributed by atoms with E-state index in [0.717, 1.165) is 49.4 Å². The first-order chi connectivity index (χ1) is 12.7.